The summed E-state index contributed by atoms with van der Waals surface area (Å²) >= 11 is 0. The number of hydrogen-bond acceptors (Lipinski definition) is 4. The standard InChI is InChI=1S/C14H26N4/c1-5-9-15-13-12(8-4)14(17-10-16-13)18-11(6-2)7-3/h10-11H,5-9H2,1-4H3,(H2,15,16,17,18). The maximum Gasteiger partial charge on any atom is 0.134 e. The highest BCUT2D eigenvalue weighted by atomic mass is 15.1. The van der Waals surface area contributed by atoms with E-state index in [1.165, 1.54) is 5.56 Å². The van der Waals surface area contributed by atoms with Crippen molar-refractivity contribution in [2.45, 2.75) is 59.4 Å². The molecule has 1 aromatic rings. The zero-order valence-corrected chi connectivity index (χ0v) is 12.1. The topological polar surface area (TPSA) is 49.8 Å². The van der Waals surface area contributed by atoms with Crippen molar-refractivity contribution in [2.75, 3.05) is 17.2 Å². The summed E-state index contributed by atoms with van der Waals surface area (Å²) in [4.78, 5) is 8.74. The van der Waals surface area contributed by atoms with Crippen molar-refractivity contribution in [3.8, 4) is 0 Å². The number of hydrogen-bond donors (Lipinski definition) is 2. The van der Waals surface area contributed by atoms with Crippen LogP contribution in [-0.2, 0) is 6.42 Å². The van der Waals surface area contributed by atoms with E-state index < -0.39 is 0 Å². The third kappa shape index (κ3) is 3.86. The predicted octanol–water partition coefficient (Wildman–Crippen LogP) is 3.46. The van der Waals surface area contributed by atoms with Crippen LogP contribution in [0.1, 0.15) is 52.5 Å². The van der Waals surface area contributed by atoms with E-state index in [1.807, 2.05) is 0 Å². The van der Waals surface area contributed by atoms with Crippen LogP contribution in [0.5, 0.6) is 0 Å². The second kappa shape index (κ2) is 7.90. The molecule has 2 N–H and O–H groups in total. The summed E-state index contributed by atoms with van der Waals surface area (Å²) in [5, 5.41) is 6.90. The number of nitrogens with one attached hydrogen (secondary N) is 2. The molecule has 0 atom stereocenters. The number of anilines is 2. The molecule has 0 saturated carbocycles. The fraction of sp³-hybridized carbons (Fsp3) is 0.714. The Kier molecular flexibility index (Phi) is 6.47. The molecule has 0 amide bonds. The first-order chi connectivity index (χ1) is 8.76. The van der Waals surface area contributed by atoms with Gasteiger partial charge in [0.1, 0.15) is 18.0 Å². The van der Waals surface area contributed by atoms with Crippen molar-refractivity contribution in [1.82, 2.24) is 9.97 Å². The van der Waals surface area contributed by atoms with Gasteiger partial charge in [-0.15, -0.1) is 0 Å². The Balaban J connectivity index is 2.89. The van der Waals surface area contributed by atoms with E-state index in [4.69, 9.17) is 0 Å². The van der Waals surface area contributed by atoms with Gasteiger partial charge >= 0.3 is 0 Å². The summed E-state index contributed by atoms with van der Waals surface area (Å²) in [6.45, 7) is 9.65. The molecule has 0 aliphatic rings. The molecule has 1 heterocycles. The van der Waals surface area contributed by atoms with Crippen LogP contribution in [0.4, 0.5) is 11.6 Å². The van der Waals surface area contributed by atoms with Crippen LogP contribution in [-0.4, -0.2) is 22.6 Å². The third-order valence-electron chi connectivity index (χ3n) is 3.17. The van der Waals surface area contributed by atoms with Crippen molar-refractivity contribution in [2.24, 2.45) is 0 Å². The van der Waals surface area contributed by atoms with Crippen molar-refractivity contribution in [1.29, 1.82) is 0 Å². The minimum atomic E-state index is 0.490. The molecule has 0 bridgehead atoms. The van der Waals surface area contributed by atoms with Gasteiger partial charge in [-0.2, -0.15) is 0 Å². The van der Waals surface area contributed by atoms with E-state index in [0.717, 1.165) is 43.9 Å². The Morgan fingerprint density at radius 3 is 2.28 bits per heavy atom. The molecule has 1 rings (SSSR count). The van der Waals surface area contributed by atoms with Gasteiger partial charge in [0.15, 0.2) is 0 Å². The van der Waals surface area contributed by atoms with Crippen LogP contribution < -0.4 is 10.6 Å². The summed E-state index contributed by atoms with van der Waals surface area (Å²) in [6, 6.07) is 0.490. The fourth-order valence-corrected chi connectivity index (χ4v) is 1.95. The highest BCUT2D eigenvalue weighted by Crippen LogP contribution is 2.22. The Hall–Kier alpha value is -1.32. The zero-order chi connectivity index (χ0) is 13.4. The molecule has 0 aromatic carbocycles. The van der Waals surface area contributed by atoms with E-state index in [1.54, 1.807) is 6.33 Å². The summed E-state index contributed by atoms with van der Waals surface area (Å²) < 4.78 is 0. The van der Waals surface area contributed by atoms with Gasteiger partial charge in [0.25, 0.3) is 0 Å². The van der Waals surface area contributed by atoms with E-state index in [9.17, 15) is 0 Å². The smallest absolute Gasteiger partial charge is 0.134 e. The van der Waals surface area contributed by atoms with Crippen molar-refractivity contribution in [3.05, 3.63) is 11.9 Å². The molecule has 0 aliphatic carbocycles. The molecule has 0 radical (unpaired) electrons. The minimum absolute atomic E-state index is 0.490. The van der Waals surface area contributed by atoms with Crippen LogP contribution in [0.25, 0.3) is 0 Å². The van der Waals surface area contributed by atoms with Crippen molar-refractivity contribution in [3.63, 3.8) is 0 Å². The van der Waals surface area contributed by atoms with Gasteiger partial charge < -0.3 is 10.6 Å². The molecule has 1 aromatic heterocycles. The lowest BCUT2D eigenvalue weighted by Crippen LogP contribution is -2.20. The molecule has 0 aliphatic heterocycles. The van der Waals surface area contributed by atoms with Crippen LogP contribution in [0.3, 0.4) is 0 Å². The quantitative estimate of drug-likeness (QED) is 0.742. The van der Waals surface area contributed by atoms with Crippen molar-refractivity contribution >= 4 is 11.6 Å². The van der Waals surface area contributed by atoms with Gasteiger partial charge in [-0.05, 0) is 25.7 Å². The largest absolute Gasteiger partial charge is 0.370 e. The first-order valence-electron chi connectivity index (χ1n) is 7.10. The lowest BCUT2D eigenvalue weighted by Gasteiger charge is -2.19. The molecule has 102 valence electrons. The minimum Gasteiger partial charge on any atom is -0.370 e. The summed E-state index contributed by atoms with van der Waals surface area (Å²) in [7, 11) is 0. The highest BCUT2D eigenvalue weighted by molar-refractivity contribution is 5.57. The molecule has 0 spiro atoms. The Morgan fingerprint density at radius 2 is 1.72 bits per heavy atom. The third-order valence-corrected chi connectivity index (χ3v) is 3.17. The highest BCUT2D eigenvalue weighted by Gasteiger charge is 2.12. The summed E-state index contributed by atoms with van der Waals surface area (Å²) in [6.07, 6.45) is 5.91. The number of aromatic nitrogens is 2. The summed E-state index contributed by atoms with van der Waals surface area (Å²) in [5.41, 5.74) is 1.19. The van der Waals surface area contributed by atoms with E-state index >= 15 is 0 Å². The molecule has 4 heteroatoms. The normalized spacial score (nSPS) is 10.7. The Morgan fingerprint density at radius 1 is 1.06 bits per heavy atom. The first-order valence-corrected chi connectivity index (χ1v) is 7.10. The molecular weight excluding hydrogens is 224 g/mol. The van der Waals surface area contributed by atoms with Crippen LogP contribution >= 0.6 is 0 Å². The Labute approximate surface area is 111 Å². The van der Waals surface area contributed by atoms with E-state index in [-0.39, 0.29) is 0 Å². The van der Waals surface area contributed by atoms with Gasteiger partial charge in [0, 0.05) is 18.2 Å². The van der Waals surface area contributed by atoms with Gasteiger partial charge in [0.2, 0.25) is 0 Å². The van der Waals surface area contributed by atoms with E-state index in [0.29, 0.717) is 6.04 Å². The molecule has 0 fully saturated rings. The molecule has 4 nitrogen and oxygen atoms in total. The fourth-order valence-electron chi connectivity index (χ4n) is 1.95. The molecule has 18 heavy (non-hydrogen) atoms. The second-order valence-electron chi connectivity index (χ2n) is 4.49. The van der Waals surface area contributed by atoms with Gasteiger partial charge in [-0.3, -0.25) is 0 Å². The van der Waals surface area contributed by atoms with Gasteiger partial charge in [-0.1, -0.05) is 27.7 Å². The second-order valence-corrected chi connectivity index (χ2v) is 4.49. The predicted molar refractivity (Wildman–Crippen MR) is 78.2 cm³/mol. The van der Waals surface area contributed by atoms with Crippen LogP contribution in [0, 0.1) is 0 Å². The van der Waals surface area contributed by atoms with E-state index in [2.05, 4.69) is 48.3 Å². The van der Waals surface area contributed by atoms with Crippen LogP contribution in [0.2, 0.25) is 0 Å². The number of rotatable bonds is 8. The zero-order valence-electron chi connectivity index (χ0n) is 12.1. The molecule has 0 unspecified atom stereocenters. The van der Waals surface area contributed by atoms with Crippen molar-refractivity contribution < 1.29 is 0 Å². The number of nitrogens with zero attached hydrogens (tertiary/aromatic N) is 2. The average molecular weight is 250 g/mol. The molecule has 0 saturated heterocycles. The van der Waals surface area contributed by atoms with Crippen LogP contribution in [0.15, 0.2) is 6.33 Å². The first kappa shape index (κ1) is 14.7. The average Bonchev–Trinajstić information content (AvgIpc) is 2.42. The Bertz CT molecular complexity index is 348. The lowest BCUT2D eigenvalue weighted by atomic mass is 10.1. The summed E-state index contributed by atoms with van der Waals surface area (Å²) in [5.74, 6) is 1.96. The monoisotopic (exact) mass is 250 g/mol. The lowest BCUT2D eigenvalue weighted by molar-refractivity contribution is 0.666. The molecular formula is C14H26N4. The van der Waals surface area contributed by atoms with Gasteiger partial charge in [-0.25, -0.2) is 9.97 Å². The maximum atomic E-state index is 4.39. The maximum absolute atomic E-state index is 4.39. The van der Waals surface area contributed by atoms with Gasteiger partial charge in [0.05, 0.1) is 0 Å². The SMILES string of the molecule is CCCNc1ncnc(NC(CC)CC)c1CC.